The number of rotatable bonds is 11. The molecule has 0 rings (SSSR count). The predicted molar refractivity (Wildman–Crippen MR) is 72.5 cm³/mol. The van der Waals surface area contributed by atoms with Crippen molar-refractivity contribution in [2.45, 2.75) is 66.8 Å². The topological polar surface area (TPSA) is 46.5 Å². The van der Waals surface area contributed by atoms with Gasteiger partial charge in [-0.15, -0.1) is 0 Å². The van der Waals surface area contributed by atoms with E-state index in [9.17, 15) is 88.2 Å². The number of ether oxygens (including phenoxy) is 1. The van der Waals surface area contributed by atoms with Gasteiger partial charge < -0.3 is 9.84 Å². The maximum atomic E-state index is 13.6. The lowest BCUT2D eigenvalue weighted by atomic mass is 9.87. The summed E-state index contributed by atoms with van der Waals surface area (Å²) >= 11 is 0. The van der Waals surface area contributed by atoms with Crippen LogP contribution in [0, 0.1) is 0 Å². The van der Waals surface area contributed by atoms with Crippen LogP contribution in [-0.4, -0.2) is 70.9 Å². The largest absolute Gasteiger partial charge is 0.436 e. The van der Waals surface area contributed by atoms with Crippen molar-refractivity contribution in [3.8, 4) is 0 Å². The van der Waals surface area contributed by atoms with E-state index in [1.54, 1.807) is 0 Å². The number of carbonyl (C=O) groups is 1. The fraction of sp³-hybridized carbons (Fsp3) is 0.786. The lowest BCUT2D eigenvalue weighted by Gasteiger charge is -2.44. The molecule has 3 nitrogen and oxygen atoms in total. The highest BCUT2D eigenvalue weighted by Crippen LogP contribution is 2.65. The van der Waals surface area contributed by atoms with Crippen LogP contribution in [0.4, 0.5) is 83.4 Å². The number of alkyl halides is 19. The smallest absolute Gasteiger partial charge is 0.396 e. The minimum Gasteiger partial charge on any atom is -0.396 e. The molecule has 1 N–H and O–H groups in total. The molecule has 0 heterocycles. The minimum absolute atomic E-state index is 0.370. The molecule has 0 saturated carbocycles. The molecule has 0 aliphatic heterocycles. The zero-order chi connectivity index (χ0) is 29.9. The highest BCUT2D eigenvalue weighted by atomic mass is 19.4. The molecule has 0 bridgehead atoms. The van der Waals surface area contributed by atoms with Crippen molar-refractivity contribution in [3.63, 3.8) is 0 Å². The lowest BCUT2D eigenvalue weighted by molar-refractivity contribution is -0.483. The van der Waals surface area contributed by atoms with Gasteiger partial charge in [-0.1, -0.05) is 6.58 Å². The van der Waals surface area contributed by atoms with Crippen LogP contribution in [0.2, 0.25) is 0 Å². The second-order valence-electron chi connectivity index (χ2n) is 6.68. The monoisotopic (exact) mass is 584 g/mol. The zero-order valence-corrected chi connectivity index (χ0v) is 16.2. The van der Waals surface area contributed by atoms with E-state index in [2.05, 4.69) is 11.3 Å². The summed E-state index contributed by atoms with van der Waals surface area (Å²) in [6.45, 7) is 2.84. The highest BCUT2D eigenvalue weighted by molar-refractivity contribution is 5.87. The Morgan fingerprint density at radius 1 is 0.611 bits per heavy atom. The Morgan fingerprint density at radius 2 is 0.861 bits per heavy atom. The molecule has 0 aliphatic carbocycles. The Morgan fingerprint density at radius 3 is 1.11 bits per heavy atom. The molecule has 1 atom stereocenters. The number of aliphatic hydroxyl groups is 1. The summed E-state index contributed by atoms with van der Waals surface area (Å²) in [6.07, 6.45) is -6.11. The first-order valence-electron chi connectivity index (χ1n) is 7.88. The molecule has 0 fully saturated rings. The summed E-state index contributed by atoms with van der Waals surface area (Å²) in [5.74, 6) is -71.5. The Hall–Kier alpha value is -2.16. The fourth-order valence-corrected chi connectivity index (χ4v) is 1.80. The molecule has 0 aliphatic rings. The molecule has 36 heavy (non-hydrogen) atoms. The summed E-state index contributed by atoms with van der Waals surface area (Å²) in [5, 5.41) is 8.49. The van der Waals surface area contributed by atoms with Crippen molar-refractivity contribution in [1.29, 1.82) is 0 Å². The van der Waals surface area contributed by atoms with Crippen LogP contribution in [0.3, 0.4) is 0 Å². The van der Waals surface area contributed by atoms with Gasteiger partial charge in [-0.3, -0.25) is 0 Å². The molecule has 0 saturated heterocycles. The van der Waals surface area contributed by atoms with Crippen molar-refractivity contribution in [2.24, 2.45) is 0 Å². The van der Waals surface area contributed by atoms with Crippen molar-refractivity contribution >= 4 is 5.97 Å². The summed E-state index contributed by atoms with van der Waals surface area (Å²) in [5.41, 5.74) is -1.31. The second-order valence-corrected chi connectivity index (χ2v) is 6.68. The minimum atomic E-state index is -9.06. The van der Waals surface area contributed by atoms with Gasteiger partial charge in [-0.05, 0) is 6.92 Å². The van der Waals surface area contributed by atoms with Gasteiger partial charge in [-0.25, -0.2) is 13.6 Å². The third kappa shape index (κ3) is 4.21. The first kappa shape index (κ1) is 33.8. The van der Waals surface area contributed by atoms with Gasteiger partial charge in [0.2, 0.25) is 0 Å². The Bertz CT molecular complexity index is 859. The van der Waals surface area contributed by atoms with E-state index < -0.39 is 71.4 Å². The first-order valence-corrected chi connectivity index (χ1v) is 7.88. The van der Waals surface area contributed by atoms with E-state index >= 15 is 0 Å². The van der Waals surface area contributed by atoms with E-state index in [1.165, 1.54) is 0 Å². The van der Waals surface area contributed by atoms with E-state index in [-0.39, 0.29) is 0 Å². The molecule has 0 amide bonds. The number of esters is 1. The van der Waals surface area contributed by atoms with Crippen LogP contribution in [0.25, 0.3) is 0 Å². The van der Waals surface area contributed by atoms with Gasteiger partial charge in [0.05, 0.1) is 0 Å². The first-order chi connectivity index (χ1) is 15.3. The second kappa shape index (κ2) is 8.71. The lowest BCUT2D eigenvalue weighted by Crippen LogP contribution is -2.76. The normalized spacial score (nSPS) is 17.2. The number of halogens is 19. The van der Waals surface area contributed by atoms with Crippen LogP contribution < -0.4 is 0 Å². The summed E-state index contributed by atoms with van der Waals surface area (Å²) in [4.78, 5) is 10.9. The van der Waals surface area contributed by atoms with Crippen LogP contribution in [0.15, 0.2) is 12.2 Å². The van der Waals surface area contributed by atoms with Gasteiger partial charge in [0, 0.05) is 5.57 Å². The number of hydrogen-bond donors (Lipinski definition) is 1. The number of carbonyl (C=O) groups excluding carboxylic acids is 1. The molecule has 214 valence electrons. The third-order valence-electron chi connectivity index (χ3n) is 4.02. The van der Waals surface area contributed by atoms with Crippen LogP contribution in [0.5, 0.6) is 0 Å². The van der Waals surface area contributed by atoms with E-state index in [4.69, 9.17) is 5.11 Å². The Labute approximate surface area is 184 Å². The van der Waals surface area contributed by atoms with Crippen molar-refractivity contribution in [2.75, 3.05) is 0 Å². The van der Waals surface area contributed by atoms with Gasteiger partial charge in [-0.2, -0.15) is 74.6 Å². The maximum absolute atomic E-state index is 13.6. The van der Waals surface area contributed by atoms with Crippen molar-refractivity contribution < 1.29 is 98.1 Å². The average molecular weight is 584 g/mol. The van der Waals surface area contributed by atoms with Gasteiger partial charge in [0.25, 0.3) is 0 Å². The summed E-state index contributed by atoms with van der Waals surface area (Å²) < 4.78 is 253. The van der Waals surface area contributed by atoms with E-state index in [0.717, 1.165) is 0 Å². The van der Waals surface area contributed by atoms with Crippen LogP contribution >= 0.6 is 0 Å². The third-order valence-corrected chi connectivity index (χ3v) is 4.02. The maximum Gasteiger partial charge on any atom is 0.436 e. The van der Waals surface area contributed by atoms with Gasteiger partial charge in [0.15, 0.2) is 0 Å². The highest BCUT2D eigenvalue weighted by Gasteiger charge is 2.97. The van der Waals surface area contributed by atoms with E-state index in [1.807, 2.05) is 0 Å². The van der Waals surface area contributed by atoms with E-state index in [0.29, 0.717) is 6.92 Å². The molecule has 22 heteroatoms. The van der Waals surface area contributed by atoms with Gasteiger partial charge >= 0.3 is 65.8 Å². The summed E-state index contributed by atoms with van der Waals surface area (Å²) in [7, 11) is 0. The molecule has 0 aromatic carbocycles. The molecule has 0 radical (unpaired) electrons. The Kier molecular flexibility index (Phi) is 8.18. The number of hydrogen-bond acceptors (Lipinski definition) is 3. The SMILES string of the molecule is C=C(C)C(=O)OC(O)(F)C(F)(F)C(F)(F)C(F)(F)C(F)(F)C(F)(F)C(F)(F)C(F)(F)C(F)(F)C(F)F. The quantitative estimate of drug-likeness (QED) is 0.139. The molecule has 1 unspecified atom stereocenters. The van der Waals surface area contributed by atoms with Gasteiger partial charge in [0.1, 0.15) is 0 Å². The average Bonchev–Trinajstić information content (AvgIpc) is 2.65. The van der Waals surface area contributed by atoms with Crippen LogP contribution in [0.1, 0.15) is 6.92 Å². The Balaban J connectivity index is 6.98. The zero-order valence-electron chi connectivity index (χ0n) is 16.2. The molecular formula is C14H7F19O3. The summed E-state index contributed by atoms with van der Waals surface area (Å²) in [6, 6.07) is -6.88. The molecular weight excluding hydrogens is 577 g/mol. The van der Waals surface area contributed by atoms with Crippen molar-refractivity contribution in [3.05, 3.63) is 12.2 Å². The van der Waals surface area contributed by atoms with Crippen LogP contribution in [-0.2, 0) is 9.53 Å². The van der Waals surface area contributed by atoms with Crippen molar-refractivity contribution in [1.82, 2.24) is 0 Å². The molecule has 0 spiro atoms. The molecule has 0 aromatic rings. The standard InChI is InChI=1S/C14H7F19O3/c1-3(2)4(34)36-14(33,35)13(31,32)12(29,30)11(27,28)10(25,26)9(23,24)8(21,22)7(19,20)6(17,18)5(15)16/h5,35H,1H2,2H3. The predicted octanol–water partition coefficient (Wildman–Crippen LogP) is 6.07. The molecule has 0 aromatic heterocycles. The fourth-order valence-electron chi connectivity index (χ4n) is 1.80.